The molecule has 0 aromatic carbocycles. The quantitative estimate of drug-likeness (QED) is 0.408. The molecule has 28 heavy (non-hydrogen) atoms. The van der Waals surface area contributed by atoms with Gasteiger partial charge in [0.15, 0.2) is 0 Å². The Morgan fingerprint density at radius 3 is 2.46 bits per heavy atom. The summed E-state index contributed by atoms with van der Waals surface area (Å²) >= 11 is 0. The summed E-state index contributed by atoms with van der Waals surface area (Å²) in [5.74, 6) is -1.24. The summed E-state index contributed by atoms with van der Waals surface area (Å²) in [6.07, 6.45) is 7.93. The van der Waals surface area contributed by atoms with E-state index in [0.29, 0.717) is 12.2 Å². The van der Waals surface area contributed by atoms with Gasteiger partial charge in [0.1, 0.15) is 17.6 Å². The van der Waals surface area contributed by atoms with E-state index in [4.69, 9.17) is 0 Å². The van der Waals surface area contributed by atoms with Gasteiger partial charge in [0.05, 0.1) is 12.1 Å². The van der Waals surface area contributed by atoms with Gasteiger partial charge in [-0.15, -0.1) is 0 Å². The lowest BCUT2D eigenvalue weighted by molar-refractivity contribution is -0.123. The van der Waals surface area contributed by atoms with E-state index in [9.17, 15) is 19.6 Å². The van der Waals surface area contributed by atoms with Gasteiger partial charge in [-0.2, -0.15) is 0 Å². The Balaban J connectivity index is 2.17. The molecular formula is C17H25BN6O4. The van der Waals surface area contributed by atoms with E-state index in [-0.39, 0.29) is 18.0 Å². The number of amides is 2. The number of imidazole rings is 1. The fourth-order valence-corrected chi connectivity index (χ4v) is 2.68. The molecule has 0 aliphatic rings. The molecule has 4 N–H and O–H groups in total. The van der Waals surface area contributed by atoms with Crippen LogP contribution in [0.25, 0.3) is 0 Å². The molecule has 0 fully saturated rings. The topological polar surface area (TPSA) is 142 Å². The fraction of sp³-hybridized carbons (Fsp3) is 0.471. The molecule has 0 aliphatic heterocycles. The van der Waals surface area contributed by atoms with Gasteiger partial charge in [-0.25, -0.2) is 9.97 Å². The van der Waals surface area contributed by atoms with E-state index in [1.54, 1.807) is 24.0 Å². The van der Waals surface area contributed by atoms with Crippen molar-refractivity contribution in [2.75, 3.05) is 0 Å². The smallest absolute Gasteiger partial charge is 0.426 e. The molecule has 2 rings (SSSR count). The molecule has 2 amide bonds. The standard InChI is InChI=1S/C17H25BN6O4/c1-11(2)8-14(18(27)28)23-16(25)12(9-15-21-6-7-24(15)3)22-17(26)13-10-19-4-5-20-13/h4-7,10-12,14,27-28H,8-9H2,1-3H3,(H,22,26)(H,23,25)/t12-,14?/m1/s1. The highest BCUT2D eigenvalue weighted by atomic mass is 16.4. The normalized spacial score (nSPS) is 13.1. The average molecular weight is 388 g/mol. The van der Waals surface area contributed by atoms with E-state index < -0.39 is 30.9 Å². The first-order chi connectivity index (χ1) is 13.3. The first-order valence-electron chi connectivity index (χ1n) is 8.97. The number of carbonyl (C=O) groups excluding carboxylic acids is 2. The van der Waals surface area contributed by atoms with Crippen molar-refractivity contribution < 1.29 is 19.6 Å². The largest absolute Gasteiger partial charge is 0.475 e. The third-order valence-electron chi connectivity index (χ3n) is 4.14. The molecule has 2 aromatic heterocycles. The molecule has 0 saturated carbocycles. The summed E-state index contributed by atoms with van der Waals surface area (Å²) in [5, 5.41) is 24.4. The summed E-state index contributed by atoms with van der Waals surface area (Å²) in [6, 6.07) is -0.982. The van der Waals surface area contributed by atoms with Crippen molar-refractivity contribution in [2.45, 2.75) is 38.7 Å². The zero-order valence-corrected chi connectivity index (χ0v) is 16.1. The monoisotopic (exact) mass is 388 g/mol. The van der Waals surface area contributed by atoms with Gasteiger partial charge in [0, 0.05) is 38.3 Å². The van der Waals surface area contributed by atoms with Crippen LogP contribution in [0.3, 0.4) is 0 Å². The highest BCUT2D eigenvalue weighted by molar-refractivity contribution is 6.43. The van der Waals surface area contributed by atoms with E-state index in [1.165, 1.54) is 18.6 Å². The summed E-state index contributed by atoms with van der Waals surface area (Å²) in [6.45, 7) is 3.81. The average Bonchev–Trinajstić information content (AvgIpc) is 3.05. The minimum Gasteiger partial charge on any atom is -0.426 e. The van der Waals surface area contributed by atoms with Crippen molar-refractivity contribution in [3.63, 3.8) is 0 Å². The Bertz CT molecular complexity index is 783. The maximum atomic E-state index is 12.8. The van der Waals surface area contributed by atoms with Crippen LogP contribution in [0.1, 0.15) is 36.6 Å². The molecule has 150 valence electrons. The van der Waals surface area contributed by atoms with E-state index in [1.807, 2.05) is 13.8 Å². The molecule has 0 saturated heterocycles. The van der Waals surface area contributed by atoms with Crippen molar-refractivity contribution in [3.05, 3.63) is 42.5 Å². The summed E-state index contributed by atoms with van der Waals surface area (Å²) in [4.78, 5) is 37.2. The Hall–Kier alpha value is -2.79. The second-order valence-electron chi connectivity index (χ2n) is 6.93. The third kappa shape index (κ3) is 6.13. The summed E-state index contributed by atoms with van der Waals surface area (Å²) in [7, 11) is 0.0664. The maximum absolute atomic E-state index is 12.8. The van der Waals surface area contributed by atoms with Gasteiger partial charge in [0.25, 0.3) is 5.91 Å². The van der Waals surface area contributed by atoms with Crippen molar-refractivity contribution in [1.29, 1.82) is 0 Å². The first-order valence-corrected chi connectivity index (χ1v) is 8.97. The summed E-state index contributed by atoms with van der Waals surface area (Å²) < 4.78 is 1.74. The minimum absolute atomic E-state index is 0.0704. The van der Waals surface area contributed by atoms with Crippen LogP contribution in [0, 0.1) is 5.92 Å². The lowest BCUT2D eigenvalue weighted by Gasteiger charge is -2.24. The number of hydrogen-bond donors (Lipinski definition) is 4. The molecule has 0 bridgehead atoms. The zero-order valence-electron chi connectivity index (χ0n) is 16.1. The Morgan fingerprint density at radius 2 is 1.93 bits per heavy atom. The van der Waals surface area contributed by atoms with Crippen molar-refractivity contribution in [1.82, 2.24) is 30.2 Å². The molecule has 1 unspecified atom stereocenters. The highest BCUT2D eigenvalue weighted by Crippen LogP contribution is 2.08. The summed E-state index contributed by atoms with van der Waals surface area (Å²) in [5.41, 5.74) is 0.0704. The van der Waals surface area contributed by atoms with Crippen LogP contribution in [0.15, 0.2) is 31.0 Å². The van der Waals surface area contributed by atoms with Crippen LogP contribution >= 0.6 is 0 Å². The van der Waals surface area contributed by atoms with Gasteiger partial charge < -0.3 is 25.2 Å². The predicted molar refractivity (Wildman–Crippen MR) is 102 cm³/mol. The Kier molecular flexibility index (Phi) is 7.65. The SMILES string of the molecule is CC(C)CC(NC(=O)[C@@H](Cc1nccn1C)NC(=O)c1cnccn1)B(O)O. The highest BCUT2D eigenvalue weighted by Gasteiger charge is 2.31. The van der Waals surface area contributed by atoms with Crippen LogP contribution in [-0.4, -0.2) is 60.5 Å². The maximum Gasteiger partial charge on any atom is 0.475 e. The number of hydrogen-bond acceptors (Lipinski definition) is 7. The number of aromatic nitrogens is 4. The van der Waals surface area contributed by atoms with Gasteiger partial charge in [-0.1, -0.05) is 13.8 Å². The van der Waals surface area contributed by atoms with Crippen molar-refractivity contribution in [2.24, 2.45) is 13.0 Å². The molecule has 0 radical (unpaired) electrons. The number of nitrogens with one attached hydrogen (secondary N) is 2. The fourth-order valence-electron chi connectivity index (χ4n) is 2.68. The molecule has 0 aliphatic carbocycles. The molecule has 2 atom stereocenters. The molecule has 10 nitrogen and oxygen atoms in total. The second kappa shape index (κ2) is 9.95. The Labute approximate surface area is 163 Å². The molecule has 2 aromatic rings. The van der Waals surface area contributed by atoms with Crippen LogP contribution < -0.4 is 10.6 Å². The van der Waals surface area contributed by atoms with Crippen molar-refractivity contribution >= 4 is 18.9 Å². The van der Waals surface area contributed by atoms with Gasteiger partial charge >= 0.3 is 7.12 Å². The van der Waals surface area contributed by atoms with Crippen molar-refractivity contribution in [3.8, 4) is 0 Å². The zero-order chi connectivity index (χ0) is 20.7. The van der Waals surface area contributed by atoms with E-state index in [2.05, 4.69) is 25.6 Å². The molecular weight excluding hydrogens is 363 g/mol. The number of nitrogens with zero attached hydrogens (tertiary/aromatic N) is 4. The molecule has 11 heteroatoms. The Morgan fingerprint density at radius 1 is 1.18 bits per heavy atom. The lowest BCUT2D eigenvalue weighted by atomic mass is 9.75. The van der Waals surface area contributed by atoms with Crippen LogP contribution in [0.2, 0.25) is 0 Å². The van der Waals surface area contributed by atoms with Crippen LogP contribution in [0.5, 0.6) is 0 Å². The second-order valence-corrected chi connectivity index (χ2v) is 6.93. The van der Waals surface area contributed by atoms with Gasteiger partial charge in [-0.05, 0) is 12.3 Å². The first kappa shape index (κ1) is 21.5. The molecule has 0 spiro atoms. The number of aryl methyl sites for hydroxylation is 1. The van der Waals surface area contributed by atoms with E-state index >= 15 is 0 Å². The van der Waals surface area contributed by atoms with Crippen LogP contribution in [-0.2, 0) is 18.3 Å². The lowest BCUT2D eigenvalue weighted by Crippen LogP contribution is -2.55. The predicted octanol–water partition coefficient (Wildman–Crippen LogP) is -0.906. The van der Waals surface area contributed by atoms with E-state index in [0.717, 1.165) is 0 Å². The number of rotatable bonds is 9. The third-order valence-corrected chi connectivity index (χ3v) is 4.14. The number of carbonyl (C=O) groups is 2. The van der Waals surface area contributed by atoms with Gasteiger partial charge in [-0.3, -0.25) is 14.6 Å². The molecule has 2 heterocycles. The van der Waals surface area contributed by atoms with Gasteiger partial charge in [0.2, 0.25) is 5.91 Å². The van der Waals surface area contributed by atoms with Crippen LogP contribution in [0.4, 0.5) is 0 Å². The minimum atomic E-state index is -1.71.